The highest BCUT2D eigenvalue weighted by Crippen LogP contribution is 2.50. The van der Waals surface area contributed by atoms with Crippen LogP contribution in [0.3, 0.4) is 0 Å². The summed E-state index contributed by atoms with van der Waals surface area (Å²) >= 11 is 1.80. The Labute approximate surface area is 193 Å². The summed E-state index contributed by atoms with van der Waals surface area (Å²) in [5, 5.41) is 2.48. The maximum Gasteiger partial charge on any atom is 0.217 e. The predicted octanol–water partition coefficient (Wildman–Crippen LogP) is 4.09. The van der Waals surface area contributed by atoms with E-state index in [9.17, 15) is 13.0 Å². The van der Waals surface area contributed by atoms with Gasteiger partial charge in [-0.25, -0.2) is 8.42 Å². The van der Waals surface area contributed by atoms with Crippen LogP contribution in [0.5, 0.6) is 5.75 Å². The number of ether oxygens (including phenoxy) is 1. The molecular weight excluding hydrogens is 448 g/mol. The second kappa shape index (κ2) is 10.4. The molecule has 0 bridgehead atoms. The van der Waals surface area contributed by atoms with Crippen molar-refractivity contribution < 1.29 is 26.5 Å². The van der Waals surface area contributed by atoms with Crippen LogP contribution in [-0.4, -0.2) is 33.2 Å². The molecular formula is C23H26N2O5S2. The van der Waals surface area contributed by atoms with Crippen molar-refractivity contribution in [3.05, 3.63) is 65.3 Å². The Bertz CT molecular complexity index is 1240. The van der Waals surface area contributed by atoms with Crippen LogP contribution in [-0.2, 0) is 21.6 Å². The summed E-state index contributed by atoms with van der Waals surface area (Å²) in [6, 6.07) is 19.1. The third-order valence-corrected chi connectivity index (χ3v) is 6.52. The molecule has 7 nitrogen and oxygen atoms in total. The normalized spacial score (nSPS) is 14.3. The predicted molar refractivity (Wildman–Crippen MR) is 126 cm³/mol. The standard InChI is InChI=1S/C21H21N2OS.C2H6O4S/c1-4-23-20(25-19-11-7-10-18(24-3)21(19)23)14-16-13-12-15-8-5-6-9-17(15)22(16)2;1-2-6-7(3,4)5/h5-14H,4H2,1-3H3;2H2,1H3,(H,3,4,5)/q+1;/p-1. The van der Waals surface area contributed by atoms with E-state index < -0.39 is 10.4 Å². The van der Waals surface area contributed by atoms with Crippen molar-refractivity contribution in [2.45, 2.75) is 18.7 Å². The fraction of sp³-hybridized carbons (Fsp3) is 0.261. The lowest BCUT2D eigenvalue weighted by Crippen LogP contribution is -2.33. The average Bonchev–Trinajstić information content (AvgIpc) is 3.12. The van der Waals surface area contributed by atoms with Gasteiger partial charge in [0, 0.05) is 35.0 Å². The van der Waals surface area contributed by atoms with Gasteiger partial charge in [0.1, 0.15) is 12.8 Å². The molecule has 0 aliphatic carbocycles. The van der Waals surface area contributed by atoms with E-state index in [0.29, 0.717) is 0 Å². The number of para-hydroxylation sites is 2. The number of hydrogen-bond acceptors (Lipinski definition) is 7. The average molecular weight is 475 g/mol. The third-order valence-electron chi connectivity index (χ3n) is 4.90. The molecule has 0 amide bonds. The van der Waals surface area contributed by atoms with Crippen LogP contribution < -0.4 is 14.2 Å². The molecule has 4 rings (SSSR count). The van der Waals surface area contributed by atoms with Gasteiger partial charge in [0.15, 0.2) is 0 Å². The Morgan fingerprint density at radius 2 is 1.84 bits per heavy atom. The van der Waals surface area contributed by atoms with E-state index in [0.717, 1.165) is 12.3 Å². The number of benzene rings is 2. The smallest absolute Gasteiger partial charge is 0.217 e. The summed E-state index contributed by atoms with van der Waals surface area (Å²) in [6.45, 7) is 4.42. The molecule has 1 aliphatic heterocycles. The van der Waals surface area contributed by atoms with Crippen LogP contribution >= 0.6 is 11.8 Å². The molecule has 0 N–H and O–H groups in total. The van der Waals surface area contributed by atoms with Crippen molar-refractivity contribution in [2.24, 2.45) is 7.05 Å². The van der Waals surface area contributed by atoms with Crippen LogP contribution in [0.2, 0.25) is 0 Å². The zero-order chi connectivity index (χ0) is 23.3. The Morgan fingerprint density at radius 1 is 1.09 bits per heavy atom. The van der Waals surface area contributed by atoms with Crippen LogP contribution in [0.4, 0.5) is 5.69 Å². The van der Waals surface area contributed by atoms with Crippen LogP contribution in [0.25, 0.3) is 17.0 Å². The number of fused-ring (bicyclic) bond motifs is 2. The number of thioether (sulfide) groups is 1. The number of aromatic nitrogens is 1. The van der Waals surface area contributed by atoms with Gasteiger partial charge in [-0.15, -0.1) is 0 Å². The number of pyridine rings is 1. The lowest BCUT2D eigenvalue weighted by Gasteiger charge is -2.19. The zero-order valence-electron chi connectivity index (χ0n) is 18.4. The third kappa shape index (κ3) is 5.42. The fourth-order valence-corrected chi connectivity index (χ4v) is 4.97. The minimum atomic E-state index is -4.42. The molecule has 1 aliphatic rings. The molecule has 2 aromatic carbocycles. The molecule has 170 valence electrons. The Balaban J connectivity index is 0.000000360. The lowest BCUT2D eigenvalue weighted by molar-refractivity contribution is -0.646. The molecule has 1 aromatic heterocycles. The van der Waals surface area contributed by atoms with Crippen LogP contribution in [0, 0.1) is 0 Å². The molecule has 0 saturated heterocycles. The summed E-state index contributed by atoms with van der Waals surface area (Å²) in [5.41, 5.74) is 3.59. The highest BCUT2D eigenvalue weighted by Gasteiger charge is 2.28. The summed E-state index contributed by atoms with van der Waals surface area (Å²) in [5.74, 6) is 0.929. The Morgan fingerprint density at radius 3 is 2.47 bits per heavy atom. The molecule has 3 aromatic rings. The van der Waals surface area contributed by atoms with Crippen LogP contribution in [0.15, 0.2) is 64.5 Å². The van der Waals surface area contributed by atoms with Gasteiger partial charge in [-0.3, -0.25) is 4.18 Å². The number of aryl methyl sites for hydroxylation is 1. The fourth-order valence-electron chi connectivity index (χ4n) is 3.49. The van der Waals surface area contributed by atoms with E-state index in [2.05, 4.69) is 82.2 Å². The highest BCUT2D eigenvalue weighted by molar-refractivity contribution is 8.03. The molecule has 9 heteroatoms. The number of nitrogens with zero attached hydrogens (tertiary/aromatic N) is 2. The molecule has 0 atom stereocenters. The number of methoxy groups -OCH3 is 1. The number of hydrogen-bond donors (Lipinski definition) is 0. The van der Waals surface area contributed by atoms with Crippen molar-refractivity contribution in [2.75, 3.05) is 25.2 Å². The van der Waals surface area contributed by atoms with E-state index in [1.54, 1.807) is 18.9 Å². The number of rotatable bonds is 5. The van der Waals surface area contributed by atoms with Crippen molar-refractivity contribution in [3.63, 3.8) is 0 Å². The van der Waals surface area contributed by atoms with Gasteiger partial charge in [-0.1, -0.05) is 30.0 Å². The number of anilines is 1. The topological polar surface area (TPSA) is 82.8 Å². The second-order valence-corrected chi connectivity index (χ2v) is 8.94. The van der Waals surface area contributed by atoms with Gasteiger partial charge in [0.05, 0.1) is 24.4 Å². The van der Waals surface area contributed by atoms with Crippen molar-refractivity contribution in [1.29, 1.82) is 0 Å². The summed E-state index contributed by atoms with van der Waals surface area (Å²) in [4.78, 5) is 3.57. The summed E-state index contributed by atoms with van der Waals surface area (Å²) < 4.78 is 39.8. The SMILES string of the molecule is CCN1/C(=C/c2ccc3ccccc3[n+]2C)Sc2cccc(OC)c21.CCOS(=O)(=O)[O-]. The first-order chi connectivity index (χ1) is 15.3. The van der Waals surface area contributed by atoms with E-state index in [4.69, 9.17) is 4.74 Å². The summed E-state index contributed by atoms with van der Waals surface area (Å²) in [6.07, 6.45) is 2.26. The van der Waals surface area contributed by atoms with Gasteiger partial charge < -0.3 is 14.2 Å². The second-order valence-electron chi connectivity index (χ2n) is 6.83. The molecule has 0 fully saturated rings. The van der Waals surface area contributed by atoms with Gasteiger partial charge >= 0.3 is 0 Å². The van der Waals surface area contributed by atoms with Gasteiger partial charge in [0.25, 0.3) is 0 Å². The van der Waals surface area contributed by atoms with Crippen LogP contribution in [0.1, 0.15) is 19.5 Å². The Hall–Kier alpha value is -2.59. The van der Waals surface area contributed by atoms with E-state index in [1.165, 1.54) is 39.1 Å². The summed E-state index contributed by atoms with van der Waals surface area (Å²) in [7, 11) is -0.566. The van der Waals surface area contributed by atoms with E-state index >= 15 is 0 Å². The maximum absolute atomic E-state index is 9.45. The molecule has 0 unspecified atom stereocenters. The quantitative estimate of drug-likeness (QED) is 0.313. The van der Waals surface area contributed by atoms with Gasteiger partial charge in [-0.2, -0.15) is 4.57 Å². The minimum absolute atomic E-state index is 0.0914. The zero-order valence-corrected chi connectivity index (χ0v) is 20.1. The first kappa shape index (κ1) is 24.1. The van der Waals surface area contributed by atoms with Crippen molar-refractivity contribution in [1.82, 2.24) is 0 Å². The molecule has 0 saturated carbocycles. The molecule has 0 radical (unpaired) electrons. The first-order valence-electron chi connectivity index (χ1n) is 10.1. The monoisotopic (exact) mass is 474 g/mol. The first-order valence-corrected chi connectivity index (χ1v) is 12.3. The highest BCUT2D eigenvalue weighted by atomic mass is 32.3. The van der Waals surface area contributed by atoms with Crippen molar-refractivity contribution >= 4 is 44.8 Å². The minimum Gasteiger partial charge on any atom is -0.726 e. The molecule has 0 spiro atoms. The Kier molecular flexibility index (Phi) is 7.78. The van der Waals surface area contributed by atoms with Gasteiger partial charge in [0.2, 0.25) is 21.6 Å². The van der Waals surface area contributed by atoms with E-state index in [-0.39, 0.29) is 6.61 Å². The van der Waals surface area contributed by atoms with E-state index in [1.807, 2.05) is 6.07 Å². The maximum atomic E-state index is 9.45. The van der Waals surface area contributed by atoms with Gasteiger partial charge in [-0.05, 0) is 38.1 Å². The van der Waals surface area contributed by atoms with Crippen molar-refractivity contribution in [3.8, 4) is 5.75 Å². The largest absolute Gasteiger partial charge is 0.726 e. The molecule has 2 heterocycles. The molecule has 32 heavy (non-hydrogen) atoms. The lowest BCUT2D eigenvalue weighted by atomic mass is 10.2.